The summed E-state index contributed by atoms with van der Waals surface area (Å²) in [6.45, 7) is 8.23. The lowest BCUT2D eigenvalue weighted by Crippen LogP contribution is -2.33. The Morgan fingerprint density at radius 2 is 1.80 bits per heavy atom. The van der Waals surface area contributed by atoms with Gasteiger partial charge in [0.05, 0.1) is 6.07 Å². The van der Waals surface area contributed by atoms with Crippen molar-refractivity contribution in [1.29, 1.82) is 5.26 Å². The molecule has 1 aliphatic rings. The fourth-order valence-corrected chi connectivity index (χ4v) is 3.08. The number of nitrogens with zero attached hydrogens (tertiary/aromatic N) is 1. The van der Waals surface area contributed by atoms with Crippen molar-refractivity contribution < 1.29 is 4.79 Å². The predicted molar refractivity (Wildman–Crippen MR) is 80.3 cm³/mol. The molecule has 0 saturated heterocycles. The molecular weight excluding hydrogens is 246 g/mol. The van der Waals surface area contributed by atoms with E-state index in [1.165, 1.54) is 5.56 Å². The summed E-state index contributed by atoms with van der Waals surface area (Å²) in [6, 6.07) is 10.7. The van der Waals surface area contributed by atoms with E-state index in [-0.39, 0.29) is 11.2 Å². The lowest BCUT2D eigenvalue weighted by atomic mass is 9.77. The lowest BCUT2D eigenvalue weighted by Gasteiger charge is -2.22. The summed E-state index contributed by atoms with van der Waals surface area (Å²) < 4.78 is 0. The molecule has 106 valence electrons. The molecule has 0 spiro atoms. The number of rotatable bonds is 3. The van der Waals surface area contributed by atoms with E-state index in [2.05, 4.69) is 44.2 Å². The first-order chi connectivity index (χ1) is 9.31. The van der Waals surface area contributed by atoms with Gasteiger partial charge in [0.15, 0.2) is 5.78 Å². The highest BCUT2D eigenvalue weighted by atomic mass is 16.1. The van der Waals surface area contributed by atoms with Crippen LogP contribution in [0.25, 0.3) is 0 Å². The Bertz CT molecular complexity index is 548. The number of carbonyl (C=O) groups is 1. The van der Waals surface area contributed by atoms with Crippen LogP contribution in [0, 0.1) is 22.2 Å². The van der Waals surface area contributed by atoms with Crippen LogP contribution in [0.5, 0.6) is 0 Å². The fourth-order valence-electron chi connectivity index (χ4n) is 3.08. The average molecular weight is 269 g/mol. The number of benzene rings is 1. The second-order valence-corrected chi connectivity index (χ2v) is 6.98. The molecule has 0 amide bonds. The highest BCUT2D eigenvalue weighted by molar-refractivity contribution is 5.94. The summed E-state index contributed by atoms with van der Waals surface area (Å²) in [4.78, 5) is 12.5. The molecule has 0 radical (unpaired) electrons. The van der Waals surface area contributed by atoms with E-state index < -0.39 is 5.41 Å². The van der Waals surface area contributed by atoms with Crippen molar-refractivity contribution >= 4 is 5.78 Å². The van der Waals surface area contributed by atoms with E-state index in [9.17, 15) is 10.1 Å². The van der Waals surface area contributed by atoms with Gasteiger partial charge < -0.3 is 0 Å². The van der Waals surface area contributed by atoms with Gasteiger partial charge in [-0.25, -0.2) is 0 Å². The van der Waals surface area contributed by atoms with Gasteiger partial charge in [0.25, 0.3) is 0 Å². The Labute approximate surface area is 121 Å². The third-order valence-electron chi connectivity index (χ3n) is 4.59. The molecule has 0 N–H and O–H groups in total. The van der Waals surface area contributed by atoms with E-state index in [0.29, 0.717) is 18.8 Å². The zero-order valence-corrected chi connectivity index (χ0v) is 12.9. The van der Waals surface area contributed by atoms with E-state index >= 15 is 0 Å². The van der Waals surface area contributed by atoms with Crippen LogP contribution >= 0.6 is 0 Å². The van der Waals surface area contributed by atoms with Gasteiger partial charge in [0, 0.05) is 5.41 Å². The average Bonchev–Trinajstić information content (AvgIpc) is 2.64. The maximum atomic E-state index is 12.5. The molecule has 2 rings (SSSR count). The minimum Gasteiger partial charge on any atom is -0.297 e. The third-order valence-corrected chi connectivity index (χ3v) is 4.59. The molecule has 0 heterocycles. The lowest BCUT2D eigenvalue weighted by molar-refractivity contribution is -0.130. The van der Waals surface area contributed by atoms with Crippen LogP contribution in [0.1, 0.15) is 57.6 Å². The first-order valence-corrected chi connectivity index (χ1v) is 7.36. The molecular formula is C18H23NO. The molecule has 2 nitrogen and oxygen atoms in total. The monoisotopic (exact) mass is 269 g/mol. The Kier molecular flexibility index (Phi) is 3.73. The fraction of sp³-hybridized carbons (Fsp3) is 0.556. The summed E-state index contributed by atoms with van der Waals surface area (Å²) in [7, 11) is 0. The van der Waals surface area contributed by atoms with Gasteiger partial charge in [-0.2, -0.15) is 5.26 Å². The number of Topliss-reactive ketones (excluding diaryl/α,β-unsaturated/α-hetero) is 1. The normalized spacial score (nSPS) is 24.9. The molecule has 1 aromatic rings. The largest absolute Gasteiger partial charge is 0.297 e. The zero-order chi connectivity index (χ0) is 15.0. The number of ketones is 1. The third kappa shape index (κ3) is 2.50. The number of nitriles is 1. The maximum absolute atomic E-state index is 12.5. The van der Waals surface area contributed by atoms with Crippen LogP contribution in [-0.2, 0) is 11.2 Å². The van der Waals surface area contributed by atoms with Gasteiger partial charge in [-0.15, -0.1) is 0 Å². The Morgan fingerprint density at radius 1 is 1.20 bits per heavy atom. The van der Waals surface area contributed by atoms with Gasteiger partial charge in [-0.05, 0) is 36.3 Å². The van der Waals surface area contributed by atoms with E-state index in [0.717, 1.165) is 12.0 Å². The van der Waals surface area contributed by atoms with Gasteiger partial charge in [0.1, 0.15) is 5.41 Å². The van der Waals surface area contributed by atoms with Gasteiger partial charge in [-0.3, -0.25) is 4.79 Å². The predicted octanol–water partition coefficient (Wildman–Crippen LogP) is 4.25. The van der Waals surface area contributed by atoms with E-state index in [1.807, 2.05) is 13.8 Å². The topological polar surface area (TPSA) is 40.9 Å². The Morgan fingerprint density at radius 3 is 2.20 bits per heavy atom. The molecule has 0 aromatic heterocycles. The molecule has 20 heavy (non-hydrogen) atoms. The first kappa shape index (κ1) is 14.8. The summed E-state index contributed by atoms with van der Waals surface area (Å²) >= 11 is 0. The molecule has 1 saturated carbocycles. The van der Waals surface area contributed by atoms with Gasteiger partial charge >= 0.3 is 0 Å². The second-order valence-electron chi connectivity index (χ2n) is 6.98. The molecule has 1 unspecified atom stereocenters. The summed E-state index contributed by atoms with van der Waals surface area (Å²) in [5.74, 6) is 0.612. The van der Waals surface area contributed by atoms with Crippen molar-refractivity contribution in [3.05, 3.63) is 35.4 Å². The maximum Gasteiger partial charge on any atom is 0.158 e. The van der Waals surface area contributed by atoms with Crippen LogP contribution in [0.15, 0.2) is 24.3 Å². The van der Waals surface area contributed by atoms with Crippen molar-refractivity contribution in [2.24, 2.45) is 10.8 Å². The highest BCUT2D eigenvalue weighted by Crippen LogP contribution is 2.47. The van der Waals surface area contributed by atoms with Crippen molar-refractivity contribution in [3.8, 4) is 6.07 Å². The van der Waals surface area contributed by atoms with Gasteiger partial charge in [0.2, 0.25) is 0 Å². The molecule has 0 bridgehead atoms. The summed E-state index contributed by atoms with van der Waals surface area (Å²) in [5, 5.41) is 9.55. The Hall–Kier alpha value is -1.62. The number of carbonyl (C=O) groups excluding carboxylic acids is 1. The summed E-state index contributed by atoms with van der Waals surface area (Å²) in [5.41, 5.74) is 1.20. The quantitative estimate of drug-likeness (QED) is 0.823. The molecule has 1 aliphatic carbocycles. The van der Waals surface area contributed by atoms with E-state index in [1.54, 1.807) is 0 Å². The molecule has 1 fully saturated rings. The first-order valence-electron chi connectivity index (χ1n) is 7.36. The molecule has 2 heteroatoms. The van der Waals surface area contributed by atoms with Crippen LogP contribution in [0.4, 0.5) is 0 Å². The van der Waals surface area contributed by atoms with Gasteiger partial charge in [-0.1, -0.05) is 52.0 Å². The molecule has 1 aromatic carbocycles. The van der Waals surface area contributed by atoms with Crippen molar-refractivity contribution in [2.45, 2.75) is 52.9 Å². The van der Waals surface area contributed by atoms with Crippen LogP contribution in [-0.4, -0.2) is 5.78 Å². The highest BCUT2D eigenvalue weighted by Gasteiger charge is 2.52. The van der Waals surface area contributed by atoms with Crippen molar-refractivity contribution in [1.82, 2.24) is 0 Å². The minimum atomic E-state index is -0.817. The number of hydrogen-bond donors (Lipinski definition) is 0. The summed E-state index contributed by atoms with van der Waals surface area (Å²) in [6.07, 6.45) is 2.04. The van der Waals surface area contributed by atoms with Crippen LogP contribution in [0.2, 0.25) is 0 Å². The smallest absolute Gasteiger partial charge is 0.158 e. The van der Waals surface area contributed by atoms with Crippen LogP contribution in [0.3, 0.4) is 0 Å². The minimum absolute atomic E-state index is 0.112. The van der Waals surface area contributed by atoms with Crippen molar-refractivity contribution in [3.63, 3.8) is 0 Å². The van der Waals surface area contributed by atoms with Crippen molar-refractivity contribution in [2.75, 3.05) is 0 Å². The molecule has 1 atom stereocenters. The zero-order valence-electron chi connectivity index (χ0n) is 12.9. The second kappa shape index (κ2) is 5.05. The SMILES string of the molecule is CC(C)c1ccc(CC2(C#N)CCC(C)(C)C2=O)cc1. The number of hydrogen-bond acceptors (Lipinski definition) is 2. The van der Waals surface area contributed by atoms with Crippen LogP contribution < -0.4 is 0 Å². The standard InChI is InChI=1S/C18H23NO/c1-13(2)15-7-5-14(6-8-15)11-18(12-19)10-9-17(3,4)16(18)20/h5-8,13H,9-11H2,1-4H3. The Balaban J connectivity index is 2.24. The van der Waals surface area contributed by atoms with E-state index in [4.69, 9.17) is 0 Å². The molecule has 0 aliphatic heterocycles.